The van der Waals surface area contributed by atoms with Crippen molar-refractivity contribution in [2.75, 3.05) is 13.7 Å². The Morgan fingerprint density at radius 1 is 1.53 bits per heavy atom. The summed E-state index contributed by atoms with van der Waals surface area (Å²) in [7, 11) is 1.58. The molecule has 5 nitrogen and oxygen atoms in total. The lowest BCUT2D eigenvalue weighted by molar-refractivity contribution is -0.384. The Bertz CT molecular complexity index is 486. The molecule has 0 heterocycles. The Hall–Kier alpha value is -1.62. The topological polar surface area (TPSA) is 64.4 Å². The fourth-order valence-corrected chi connectivity index (χ4v) is 2.32. The van der Waals surface area contributed by atoms with Gasteiger partial charge in [-0.2, -0.15) is 0 Å². The van der Waals surface area contributed by atoms with Gasteiger partial charge >= 0.3 is 0 Å². The molecule has 2 rings (SSSR count). The Labute approximate surface area is 113 Å². The first-order valence-electron chi connectivity index (χ1n) is 6.46. The summed E-state index contributed by atoms with van der Waals surface area (Å²) < 4.78 is 5.23. The van der Waals surface area contributed by atoms with Gasteiger partial charge in [0, 0.05) is 24.2 Å². The van der Waals surface area contributed by atoms with E-state index in [4.69, 9.17) is 4.74 Å². The van der Waals surface area contributed by atoms with Crippen LogP contribution in [0, 0.1) is 21.4 Å². The van der Waals surface area contributed by atoms with E-state index in [0.29, 0.717) is 23.6 Å². The summed E-state index contributed by atoms with van der Waals surface area (Å²) in [6.45, 7) is 6.05. The largest absolute Gasteiger partial charge is 0.496 e. The van der Waals surface area contributed by atoms with Crippen molar-refractivity contribution in [1.29, 1.82) is 0 Å². The van der Waals surface area contributed by atoms with Gasteiger partial charge in [-0.25, -0.2) is 0 Å². The minimum absolute atomic E-state index is 0.101. The van der Waals surface area contributed by atoms with Crippen LogP contribution in [-0.2, 0) is 6.54 Å². The lowest BCUT2D eigenvalue weighted by Crippen LogP contribution is -2.18. The Balaban J connectivity index is 1.97. The van der Waals surface area contributed by atoms with Gasteiger partial charge < -0.3 is 10.1 Å². The van der Waals surface area contributed by atoms with E-state index < -0.39 is 0 Å². The Morgan fingerprint density at radius 3 is 2.74 bits per heavy atom. The van der Waals surface area contributed by atoms with Crippen LogP contribution in [0.4, 0.5) is 5.69 Å². The molecule has 0 spiro atoms. The third kappa shape index (κ3) is 3.23. The van der Waals surface area contributed by atoms with Crippen molar-refractivity contribution in [3.05, 3.63) is 33.9 Å². The van der Waals surface area contributed by atoms with Crippen LogP contribution in [0.1, 0.15) is 25.8 Å². The van der Waals surface area contributed by atoms with Gasteiger partial charge in [-0.3, -0.25) is 10.1 Å². The van der Waals surface area contributed by atoms with Crippen molar-refractivity contribution in [2.24, 2.45) is 11.3 Å². The van der Waals surface area contributed by atoms with Gasteiger partial charge in [-0.15, -0.1) is 0 Å². The minimum atomic E-state index is -0.382. The number of non-ortho nitro benzene ring substituents is 1. The molecule has 1 N–H and O–H groups in total. The first-order valence-corrected chi connectivity index (χ1v) is 6.46. The number of nitro benzene ring substituents is 1. The van der Waals surface area contributed by atoms with Gasteiger partial charge in [0.1, 0.15) is 5.75 Å². The summed E-state index contributed by atoms with van der Waals surface area (Å²) in [4.78, 5) is 10.4. The molecule has 1 atom stereocenters. The number of benzene rings is 1. The van der Waals surface area contributed by atoms with Crippen LogP contribution >= 0.6 is 0 Å². The highest BCUT2D eigenvalue weighted by atomic mass is 16.6. The molecular formula is C14H20N2O3. The summed E-state index contributed by atoms with van der Waals surface area (Å²) in [6.07, 6.45) is 1.24. The second kappa shape index (κ2) is 5.17. The zero-order valence-electron chi connectivity index (χ0n) is 11.6. The van der Waals surface area contributed by atoms with Gasteiger partial charge in [0.25, 0.3) is 5.69 Å². The Kier molecular flexibility index (Phi) is 3.75. The van der Waals surface area contributed by atoms with Crippen molar-refractivity contribution in [1.82, 2.24) is 5.32 Å². The van der Waals surface area contributed by atoms with Crippen LogP contribution in [0.5, 0.6) is 5.75 Å². The van der Waals surface area contributed by atoms with Crippen LogP contribution in [-0.4, -0.2) is 18.6 Å². The van der Waals surface area contributed by atoms with E-state index in [1.165, 1.54) is 12.5 Å². The maximum Gasteiger partial charge on any atom is 0.270 e. The third-order valence-corrected chi connectivity index (χ3v) is 3.90. The standard InChI is InChI=1S/C14H20N2O3/c1-14(2)7-11(14)9-15-8-10-6-12(16(17)18)4-5-13(10)19-3/h4-6,11,15H,7-9H2,1-3H3. The lowest BCUT2D eigenvalue weighted by atomic mass is 10.1. The van der Waals surface area contributed by atoms with E-state index in [9.17, 15) is 10.1 Å². The minimum Gasteiger partial charge on any atom is -0.496 e. The second-order valence-electron chi connectivity index (χ2n) is 5.77. The van der Waals surface area contributed by atoms with Crippen molar-refractivity contribution in [3.63, 3.8) is 0 Å². The first kappa shape index (κ1) is 13.8. The Morgan fingerprint density at radius 2 is 2.21 bits per heavy atom. The molecule has 1 saturated carbocycles. The van der Waals surface area contributed by atoms with Gasteiger partial charge in [0.2, 0.25) is 0 Å². The van der Waals surface area contributed by atoms with E-state index in [1.54, 1.807) is 19.2 Å². The SMILES string of the molecule is COc1ccc([N+](=O)[O-])cc1CNCC1CC1(C)C. The van der Waals surface area contributed by atoms with E-state index in [2.05, 4.69) is 19.2 Å². The zero-order chi connectivity index (χ0) is 14.0. The molecule has 0 saturated heterocycles. The van der Waals surface area contributed by atoms with Crippen LogP contribution in [0.15, 0.2) is 18.2 Å². The van der Waals surface area contributed by atoms with Crippen molar-refractivity contribution in [3.8, 4) is 5.75 Å². The molecule has 1 unspecified atom stereocenters. The number of methoxy groups -OCH3 is 1. The molecule has 19 heavy (non-hydrogen) atoms. The maximum absolute atomic E-state index is 10.8. The molecule has 1 aromatic carbocycles. The fourth-order valence-electron chi connectivity index (χ4n) is 2.32. The van der Waals surface area contributed by atoms with E-state index in [0.717, 1.165) is 12.1 Å². The summed E-state index contributed by atoms with van der Waals surface area (Å²) in [5.74, 6) is 1.39. The summed E-state index contributed by atoms with van der Waals surface area (Å²) >= 11 is 0. The number of nitrogens with zero attached hydrogens (tertiary/aromatic N) is 1. The zero-order valence-corrected chi connectivity index (χ0v) is 11.6. The first-order chi connectivity index (χ1) is 8.94. The maximum atomic E-state index is 10.8. The predicted octanol–water partition coefficient (Wildman–Crippen LogP) is 2.74. The third-order valence-electron chi connectivity index (χ3n) is 3.90. The summed E-state index contributed by atoms with van der Waals surface area (Å²) in [6, 6.07) is 4.69. The molecular weight excluding hydrogens is 244 g/mol. The normalized spacial score (nSPS) is 20.1. The molecule has 0 aromatic heterocycles. The van der Waals surface area contributed by atoms with Gasteiger partial charge in [0.05, 0.1) is 12.0 Å². The second-order valence-corrected chi connectivity index (χ2v) is 5.77. The quantitative estimate of drug-likeness (QED) is 0.634. The predicted molar refractivity (Wildman–Crippen MR) is 73.2 cm³/mol. The molecule has 0 aliphatic heterocycles. The van der Waals surface area contributed by atoms with E-state index in [-0.39, 0.29) is 10.6 Å². The number of ether oxygens (including phenoxy) is 1. The average Bonchev–Trinajstić information content (AvgIpc) is 2.96. The molecule has 0 bridgehead atoms. The highest BCUT2D eigenvalue weighted by molar-refractivity contribution is 5.43. The molecule has 0 amide bonds. The summed E-state index contributed by atoms with van der Waals surface area (Å²) in [5.41, 5.74) is 1.37. The molecule has 1 aliphatic carbocycles. The molecule has 0 radical (unpaired) electrons. The number of hydrogen-bond donors (Lipinski definition) is 1. The molecule has 5 heteroatoms. The molecule has 1 fully saturated rings. The smallest absolute Gasteiger partial charge is 0.270 e. The van der Waals surface area contributed by atoms with E-state index in [1.807, 2.05) is 0 Å². The highest BCUT2D eigenvalue weighted by Crippen LogP contribution is 2.51. The van der Waals surface area contributed by atoms with Crippen LogP contribution in [0.3, 0.4) is 0 Å². The highest BCUT2D eigenvalue weighted by Gasteiger charge is 2.44. The number of hydrogen-bond acceptors (Lipinski definition) is 4. The fraction of sp³-hybridized carbons (Fsp3) is 0.571. The van der Waals surface area contributed by atoms with Crippen molar-refractivity contribution < 1.29 is 9.66 Å². The van der Waals surface area contributed by atoms with Crippen LogP contribution in [0.2, 0.25) is 0 Å². The van der Waals surface area contributed by atoms with Gasteiger partial charge in [0.15, 0.2) is 0 Å². The number of nitro groups is 1. The van der Waals surface area contributed by atoms with Crippen LogP contribution < -0.4 is 10.1 Å². The van der Waals surface area contributed by atoms with Crippen molar-refractivity contribution in [2.45, 2.75) is 26.8 Å². The lowest BCUT2D eigenvalue weighted by Gasteiger charge is -2.10. The van der Waals surface area contributed by atoms with Crippen LogP contribution in [0.25, 0.3) is 0 Å². The van der Waals surface area contributed by atoms with Gasteiger partial charge in [-0.05, 0) is 30.4 Å². The van der Waals surface area contributed by atoms with Crippen molar-refractivity contribution >= 4 is 5.69 Å². The molecule has 1 aromatic rings. The average molecular weight is 264 g/mol. The molecule has 1 aliphatic rings. The number of nitrogens with one attached hydrogen (secondary N) is 1. The molecule has 104 valence electrons. The number of rotatable bonds is 6. The monoisotopic (exact) mass is 264 g/mol. The van der Waals surface area contributed by atoms with Gasteiger partial charge in [-0.1, -0.05) is 13.8 Å². The summed E-state index contributed by atoms with van der Waals surface area (Å²) in [5, 5.41) is 14.1. The van der Waals surface area contributed by atoms with E-state index >= 15 is 0 Å².